The summed E-state index contributed by atoms with van der Waals surface area (Å²) in [7, 11) is 0. The molecule has 21 heavy (non-hydrogen) atoms. The highest BCUT2D eigenvalue weighted by atomic mass is 35.5. The van der Waals surface area contributed by atoms with Gasteiger partial charge in [-0.2, -0.15) is 0 Å². The smallest absolute Gasteiger partial charge is 0.329 e. The van der Waals surface area contributed by atoms with Crippen LogP contribution in [0.2, 0.25) is 5.02 Å². The lowest BCUT2D eigenvalue weighted by molar-refractivity contribution is -0.385. The molecule has 114 valence electrons. The van der Waals surface area contributed by atoms with Gasteiger partial charge in [-0.15, -0.1) is 0 Å². The molecule has 1 aromatic carbocycles. The highest BCUT2D eigenvalue weighted by Gasteiger charge is 2.40. The predicted molar refractivity (Wildman–Crippen MR) is 75.4 cm³/mol. The normalized spacial score (nSPS) is 17.2. The van der Waals surface area contributed by atoms with E-state index in [4.69, 9.17) is 21.4 Å². The van der Waals surface area contributed by atoms with E-state index in [1.807, 2.05) is 11.8 Å². The summed E-state index contributed by atoms with van der Waals surface area (Å²) in [4.78, 5) is 23.0. The Labute approximate surface area is 126 Å². The first-order chi connectivity index (χ1) is 9.81. The van der Waals surface area contributed by atoms with Crippen LogP contribution < -0.4 is 0 Å². The number of ether oxygens (including phenoxy) is 1. The van der Waals surface area contributed by atoms with E-state index in [-0.39, 0.29) is 12.3 Å². The maximum atomic E-state index is 11.0. The molecule has 1 heterocycles. The van der Waals surface area contributed by atoms with Crippen LogP contribution >= 0.6 is 11.6 Å². The third kappa shape index (κ3) is 3.69. The third-order valence-corrected chi connectivity index (χ3v) is 3.69. The minimum Gasteiger partial charge on any atom is -0.480 e. The summed E-state index contributed by atoms with van der Waals surface area (Å²) in [6, 6.07) is 4.57. The van der Waals surface area contributed by atoms with Gasteiger partial charge in [0.25, 0.3) is 5.69 Å². The quantitative estimate of drug-likeness (QED) is 0.637. The van der Waals surface area contributed by atoms with E-state index in [2.05, 4.69) is 0 Å². The molecule has 0 spiro atoms. The fraction of sp³-hybridized carbons (Fsp3) is 0.462. The van der Waals surface area contributed by atoms with Crippen molar-refractivity contribution in [3.8, 4) is 0 Å². The number of hydrogen-bond acceptors (Lipinski definition) is 5. The molecule has 0 radical (unpaired) electrons. The van der Waals surface area contributed by atoms with E-state index >= 15 is 0 Å². The van der Waals surface area contributed by atoms with E-state index < -0.39 is 16.5 Å². The van der Waals surface area contributed by atoms with Crippen molar-refractivity contribution in [3.63, 3.8) is 0 Å². The average molecular weight is 315 g/mol. The van der Waals surface area contributed by atoms with Crippen LogP contribution in [0.4, 0.5) is 5.69 Å². The molecule has 0 aliphatic carbocycles. The van der Waals surface area contributed by atoms with Crippen molar-refractivity contribution >= 4 is 23.3 Å². The number of nitro groups is 1. The summed E-state index contributed by atoms with van der Waals surface area (Å²) in [5.74, 6) is -1.02. The Hall–Kier alpha value is -1.70. The highest BCUT2D eigenvalue weighted by Crippen LogP contribution is 2.32. The molecule has 0 amide bonds. The second-order valence-electron chi connectivity index (χ2n) is 5.27. The molecule has 1 aliphatic rings. The number of rotatable bonds is 6. The molecular weight excluding hydrogens is 300 g/mol. The average Bonchev–Trinajstić information content (AvgIpc) is 2.36. The van der Waals surface area contributed by atoms with E-state index in [0.717, 1.165) is 0 Å². The van der Waals surface area contributed by atoms with Gasteiger partial charge in [-0.1, -0.05) is 17.7 Å². The Kier molecular flexibility index (Phi) is 4.46. The standard InChI is InChI=1S/C13H15ClN2O5/c1-13(21-6-12(17)18)7-15(8-13)5-9-10(14)3-2-4-11(9)16(19)20/h2-4H,5-8H2,1H3,(H,17,18). The first kappa shape index (κ1) is 15.7. The molecule has 1 saturated heterocycles. The monoisotopic (exact) mass is 314 g/mol. The summed E-state index contributed by atoms with van der Waals surface area (Å²) in [5, 5.41) is 20.0. The van der Waals surface area contributed by atoms with Gasteiger partial charge in [0.15, 0.2) is 0 Å². The topological polar surface area (TPSA) is 92.9 Å². The summed E-state index contributed by atoms with van der Waals surface area (Å²) in [6.07, 6.45) is 0. The van der Waals surface area contributed by atoms with E-state index in [9.17, 15) is 14.9 Å². The fourth-order valence-electron chi connectivity index (χ4n) is 2.44. The summed E-state index contributed by atoms with van der Waals surface area (Å²) < 4.78 is 5.29. The second kappa shape index (κ2) is 5.97. The number of benzene rings is 1. The van der Waals surface area contributed by atoms with Crippen LogP contribution in [-0.2, 0) is 16.1 Å². The number of carboxylic acids is 1. The van der Waals surface area contributed by atoms with Crippen molar-refractivity contribution in [2.45, 2.75) is 19.1 Å². The van der Waals surface area contributed by atoms with Gasteiger partial charge in [0.1, 0.15) is 6.61 Å². The van der Waals surface area contributed by atoms with Crippen molar-refractivity contribution < 1.29 is 19.6 Å². The lowest BCUT2D eigenvalue weighted by Crippen LogP contribution is -2.61. The number of nitro benzene ring substituents is 1. The first-order valence-corrected chi connectivity index (χ1v) is 6.68. The van der Waals surface area contributed by atoms with Crippen LogP contribution in [-0.4, -0.2) is 46.2 Å². The van der Waals surface area contributed by atoms with E-state index in [0.29, 0.717) is 30.2 Å². The Balaban J connectivity index is 1.99. The third-order valence-electron chi connectivity index (χ3n) is 3.33. The minimum atomic E-state index is -1.02. The highest BCUT2D eigenvalue weighted by molar-refractivity contribution is 6.31. The zero-order valence-corrected chi connectivity index (χ0v) is 12.2. The Morgan fingerprint density at radius 1 is 1.57 bits per heavy atom. The molecule has 1 fully saturated rings. The molecule has 0 unspecified atom stereocenters. The molecule has 0 saturated carbocycles. The lowest BCUT2D eigenvalue weighted by Gasteiger charge is -2.47. The van der Waals surface area contributed by atoms with Gasteiger partial charge in [0.2, 0.25) is 0 Å². The zero-order valence-electron chi connectivity index (χ0n) is 11.4. The van der Waals surface area contributed by atoms with Gasteiger partial charge < -0.3 is 9.84 Å². The van der Waals surface area contributed by atoms with Crippen molar-refractivity contribution in [3.05, 3.63) is 38.9 Å². The number of carboxylic acid groups (broad SMARTS) is 1. The minimum absolute atomic E-state index is 0.0115. The molecule has 0 atom stereocenters. The van der Waals surface area contributed by atoms with Gasteiger partial charge in [-0.25, -0.2) is 4.79 Å². The molecule has 1 aromatic rings. The van der Waals surface area contributed by atoms with Gasteiger partial charge in [-0.3, -0.25) is 15.0 Å². The summed E-state index contributed by atoms with van der Waals surface area (Å²) in [6.45, 7) is 2.80. The predicted octanol–water partition coefficient (Wildman–Crippen LogP) is 1.92. The molecule has 8 heteroatoms. The summed E-state index contributed by atoms with van der Waals surface area (Å²) >= 11 is 6.03. The molecule has 7 nitrogen and oxygen atoms in total. The Morgan fingerprint density at radius 2 is 2.24 bits per heavy atom. The van der Waals surface area contributed by atoms with Crippen LogP contribution in [0, 0.1) is 10.1 Å². The maximum absolute atomic E-state index is 11.0. The zero-order chi connectivity index (χ0) is 15.6. The largest absolute Gasteiger partial charge is 0.480 e. The van der Waals surface area contributed by atoms with Gasteiger partial charge in [-0.05, 0) is 13.0 Å². The van der Waals surface area contributed by atoms with Crippen molar-refractivity contribution in [1.29, 1.82) is 0 Å². The first-order valence-electron chi connectivity index (χ1n) is 6.31. The van der Waals surface area contributed by atoms with E-state index in [1.54, 1.807) is 12.1 Å². The van der Waals surface area contributed by atoms with Crippen molar-refractivity contribution in [1.82, 2.24) is 4.90 Å². The molecule has 1 aliphatic heterocycles. The van der Waals surface area contributed by atoms with Gasteiger partial charge in [0.05, 0.1) is 21.1 Å². The van der Waals surface area contributed by atoms with Crippen molar-refractivity contribution in [2.24, 2.45) is 0 Å². The molecular formula is C13H15ClN2O5. The van der Waals surface area contributed by atoms with Gasteiger partial charge >= 0.3 is 5.97 Å². The molecule has 1 N–H and O–H groups in total. The number of hydrogen-bond donors (Lipinski definition) is 1. The maximum Gasteiger partial charge on any atom is 0.329 e. The Bertz CT molecular complexity index is 572. The number of likely N-dealkylation sites (tertiary alicyclic amines) is 1. The molecule has 0 aromatic heterocycles. The van der Waals surface area contributed by atoms with Crippen molar-refractivity contribution in [2.75, 3.05) is 19.7 Å². The molecule has 0 bridgehead atoms. The number of halogens is 1. The number of nitrogens with zero attached hydrogens (tertiary/aromatic N) is 2. The lowest BCUT2D eigenvalue weighted by atomic mass is 9.95. The van der Waals surface area contributed by atoms with Crippen LogP contribution in [0.1, 0.15) is 12.5 Å². The number of carbonyl (C=O) groups is 1. The molecule has 2 rings (SSSR count). The van der Waals surface area contributed by atoms with Crippen LogP contribution in [0.15, 0.2) is 18.2 Å². The Morgan fingerprint density at radius 3 is 2.81 bits per heavy atom. The van der Waals surface area contributed by atoms with Crippen LogP contribution in [0.3, 0.4) is 0 Å². The fourth-order valence-corrected chi connectivity index (χ4v) is 2.67. The van der Waals surface area contributed by atoms with E-state index in [1.165, 1.54) is 6.07 Å². The second-order valence-corrected chi connectivity index (χ2v) is 5.68. The summed E-state index contributed by atoms with van der Waals surface area (Å²) in [5.41, 5.74) is -0.0824. The van der Waals surface area contributed by atoms with Gasteiger partial charge in [0, 0.05) is 25.7 Å². The van der Waals surface area contributed by atoms with Crippen LogP contribution in [0.25, 0.3) is 0 Å². The van der Waals surface area contributed by atoms with Crippen LogP contribution in [0.5, 0.6) is 0 Å². The number of aliphatic carboxylic acids is 1. The SMILES string of the molecule is CC1(OCC(=O)O)CN(Cc2c(Cl)cccc2[N+](=O)[O-])C1.